The fourth-order valence-electron chi connectivity index (χ4n) is 5.30. The molecule has 8 heteroatoms. The van der Waals surface area contributed by atoms with E-state index in [4.69, 9.17) is 9.72 Å². The number of hydrogen-bond acceptors (Lipinski definition) is 5. The average molecular weight is 495 g/mol. The third-order valence-electron chi connectivity index (χ3n) is 7.78. The fraction of sp³-hybridized carbons (Fsp3) is 0.556. The maximum absolute atomic E-state index is 12.9. The largest absolute Gasteiger partial charge is 0.488 e. The molecule has 1 unspecified atom stereocenters. The summed E-state index contributed by atoms with van der Waals surface area (Å²) in [6.45, 7) is 3.59. The van der Waals surface area contributed by atoms with Gasteiger partial charge >= 0.3 is 0 Å². The summed E-state index contributed by atoms with van der Waals surface area (Å²) in [4.78, 5) is 19.8. The highest BCUT2D eigenvalue weighted by atomic mass is 32.2. The van der Waals surface area contributed by atoms with Gasteiger partial charge in [-0.2, -0.15) is 0 Å². The third-order valence-corrected chi connectivity index (χ3v) is 8.88. The van der Waals surface area contributed by atoms with E-state index in [0.29, 0.717) is 42.2 Å². The van der Waals surface area contributed by atoms with Gasteiger partial charge in [0.25, 0.3) is 5.91 Å². The molecule has 3 heterocycles. The molecule has 1 aromatic carbocycles. The van der Waals surface area contributed by atoms with Crippen LogP contribution in [0.15, 0.2) is 30.5 Å². The van der Waals surface area contributed by atoms with E-state index in [-0.39, 0.29) is 5.91 Å². The van der Waals surface area contributed by atoms with E-state index in [9.17, 15) is 9.00 Å². The van der Waals surface area contributed by atoms with Gasteiger partial charge < -0.3 is 15.0 Å². The molecule has 0 bridgehead atoms. The summed E-state index contributed by atoms with van der Waals surface area (Å²) in [6.07, 6.45) is 10.5. The second-order valence-corrected chi connectivity index (χ2v) is 11.8. The molecule has 3 fully saturated rings. The van der Waals surface area contributed by atoms with Gasteiger partial charge in [-0.15, -0.1) is 0 Å². The Labute approximate surface area is 209 Å². The normalized spacial score (nSPS) is 21.8. The Morgan fingerprint density at radius 2 is 1.71 bits per heavy atom. The maximum Gasteiger partial charge on any atom is 0.252 e. The van der Waals surface area contributed by atoms with Crippen LogP contribution in [0.4, 0.5) is 11.5 Å². The number of nitrogens with one attached hydrogen (secondary N) is 1. The molecule has 35 heavy (non-hydrogen) atoms. The number of nitrogens with zero attached hydrogens (tertiary/aromatic N) is 3. The van der Waals surface area contributed by atoms with Gasteiger partial charge in [-0.05, 0) is 85.6 Å². The van der Waals surface area contributed by atoms with Crippen LogP contribution in [0.5, 0.6) is 5.75 Å². The van der Waals surface area contributed by atoms with Gasteiger partial charge in [0, 0.05) is 37.8 Å². The molecule has 7 nitrogen and oxygen atoms in total. The molecule has 1 atom stereocenters. The highest BCUT2D eigenvalue weighted by Crippen LogP contribution is 2.47. The highest BCUT2D eigenvalue weighted by molar-refractivity contribution is 7.81. The molecular formula is C27H34N4O3S. The van der Waals surface area contributed by atoms with Gasteiger partial charge in [-0.3, -0.25) is 4.79 Å². The second-order valence-electron chi connectivity index (χ2n) is 10.5. The Morgan fingerprint density at radius 3 is 2.34 bits per heavy atom. The van der Waals surface area contributed by atoms with E-state index in [0.717, 1.165) is 38.3 Å². The van der Waals surface area contributed by atoms with Crippen LogP contribution in [0.1, 0.15) is 71.8 Å². The monoisotopic (exact) mass is 494 g/mol. The molecule has 4 aliphatic rings. The summed E-state index contributed by atoms with van der Waals surface area (Å²) in [7, 11) is -0.910. The predicted octanol–water partition coefficient (Wildman–Crippen LogP) is 4.10. The van der Waals surface area contributed by atoms with Crippen molar-refractivity contribution < 1.29 is 13.7 Å². The highest BCUT2D eigenvalue weighted by Gasteiger charge is 2.31. The first-order chi connectivity index (χ1) is 17.0. The van der Waals surface area contributed by atoms with Crippen LogP contribution in [0, 0.1) is 5.92 Å². The number of amides is 1. The Hall–Kier alpha value is -2.45. The standard InChI is InChI=1S/C27H34N4O3S/c1-35(33)30-8-6-18(7-9-30)16-29-27(32)23-15-25-26(28-17-23)31(10-11-34-25)24-13-21(19-2-3-19)12-22(14-24)20-4-5-20/h12-15,17-20H,2-11,16H2,1H3,(H,29,32). The minimum Gasteiger partial charge on any atom is -0.488 e. The van der Waals surface area contributed by atoms with Crippen LogP contribution >= 0.6 is 0 Å². The van der Waals surface area contributed by atoms with Gasteiger partial charge in [-0.25, -0.2) is 13.5 Å². The number of carbonyl (C=O) groups is 1. The zero-order valence-electron chi connectivity index (χ0n) is 20.4. The molecule has 0 radical (unpaired) electrons. The van der Waals surface area contributed by atoms with Crippen molar-refractivity contribution in [1.82, 2.24) is 14.6 Å². The van der Waals surface area contributed by atoms with E-state index >= 15 is 0 Å². The Bertz CT molecular complexity index is 1110. The van der Waals surface area contributed by atoms with Crippen molar-refractivity contribution in [2.24, 2.45) is 5.92 Å². The van der Waals surface area contributed by atoms with E-state index in [1.54, 1.807) is 12.5 Å². The number of benzene rings is 1. The average Bonchev–Trinajstić information content (AvgIpc) is 3.79. The Morgan fingerprint density at radius 1 is 1.03 bits per heavy atom. The molecular weight excluding hydrogens is 460 g/mol. The number of rotatable bonds is 7. The van der Waals surface area contributed by atoms with Crippen LogP contribution in [-0.4, -0.2) is 58.4 Å². The predicted molar refractivity (Wildman–Crippen MR) is 138 cm³/mol. The van der Waals surface area contributed by atoms with E-state index in [1.807, 2.05) is 10.4 Å². The maximum atomic E-state index is 12.9. The lowest BCUT2D eigenvalue weighted by molar-refractivity contribution is 0.0941. The van der Waals surface area contributed by atoms with Gasteiger partial charge in [-0.1, -0.05) is 6.07 Å². The molecule has 1 amide bonds. The number of hydrogen-bond donors (Lipinski definition) is 1. The molecule has 1 aromatic heterocycles. The molecule has 2 aromatic rings. The zero-order chi connectivity index (χ0) is 23.9. The van der Waals surface area contributed by atoms with E-state index in [2.05, 4.69) is 28.4 Å². The van der Waals surface area contributed by atoms with Crippen molar-refractivity contribution in [2.75, 3.05) is 43.9 Å². The summed E-state index contributed by atoms with van der Waals surface area (Å²) in [5.74, 6) is 3.19. The molecule has 2 aliphatic heterocycles. The molecule has 2 saturated carbocycles. The SMILES string of the molecule is CS(=O)N1CCC(CNC(=O)c2cnc3c(c2)OCCN3c2cc(C3CC3)cc(C3CC3)c2)CC1. The quantitative estimate of drug-likeness (QED) is 0.627. The molecule has 2 aliphatic carbocycles. The summed E-state index contributed by atoms with van der Waals surface area (Å²) in [5.41, 5.74) is 4.65. The molecule has 0 spiro atoms. The van der Waals surface area contributed by atoms with Crippen molar-refractivity contribution in [3.05, 3.63) is 47.2 Å². The summed E-state index contributed by atoms with van der Waals surface area (Å²) in [5, 5.41) is 3.07. The lowest BCUT2D eigenvalue weighted by Gasteiger charge is -2.31. The number of piperidine rings is 1. The van der Waals surface area contributed by atoms with Crippen molar-refractivity contribution >= 4 is 28.4 Å². The molecule has 1 N–H and O–H groups in total. The molecule has 6 rings (SSSR count). The number of fused-ring (bicyclic) bond motifs is 1. The first-order valence-corrected chi connectivity index (χ1v) is 14.5. The van der Waals surface area contributed by atoms with Crippen molar-refractivity contribution in [1.29, 1.82) is 0 Å². The van der Waals surface area contributed by atoms with Gasteiger partial charge in [0.15, 0.2) is 11.6 Å². The molecule has 186 valence electrons. The topological polar surface area (TPSA) is 74.8 Å². The minimum absolute atomic E-state index is 0.116. The summed E-state index contributed by atoms with van der Waals surface area (Å²) >= 11 is 0. The third kappa shape index (κ3) is 5.09. The van der Waals surface area contributed by atoms with Crippen molar-refractivity contribution in [3.63, 3.8) is 0 Å². The van der Waals surface area contributed by atoms with E-state index in [1.165, 1.54) is 42.5 Å². The fourth-order valence-corrected chi connectivity index (χ4v) is 6.03. The van der Waals surface area contributed by atoms with Gasteiger partial charge in [0.2, 0.25) is 0 Å². The minimum atomic E-state index is -0.910. The van der Waals surface area contributed by atoms with Crippen molar-refractivity contribution in [2.45, 2.75) is 50.4 Å². The number of carbonyl (C=O) groups excluding carboxylic acids is 1. The first-order valence-electron chi connectivity index (χ1n) is 13.0. The van der Waals surface area contributed by atoms with Crippen molar-refractivity contribution in [3.8, 4) is 5.75 Å². The van der Waals surface area contributed by atoms with Gasteiger partial charge in [0.1, 0.15) is 6.61 Å². The van der Waals surface area contributed by atoms with Crippen LogP contribution < -0.4 is 15.0 Å². The van der Waals surface area contributed by atoms with Crippen LogP contribution in [0.25, 0.3) is 0 Å². The van der Waals surface area contributed by atoms with Crippen LogP contribution in [0.3, 0.4) is 0 Å². The number of ether oxygens (including phenoxy) is 1. The summed E-state index contributed by atoms with van der Waals surface area (Å²) in [6, 6.07) is 8.92. The van der Waals surface area contributed by atoms with E-state index < -0.39 is 11.0 Å². The molecule has 1 saturated heterocycles. The lowest BCUT2D eigenvalue weighted by atomic mass is 9.98. The number of pyridine rings is 1. The number of anilines is 2. The Balaban J connectivity index is 1.15. The smallest absolute Gasteiger partial charge is 0.252 e. The number of aromatic nitrogens is 1. The second kappa shape index (κ2) is 9.54. The van der Waals surface area contributed by atoms with Gasteiger partial charge in [0.05, 0.1) is 23.1 Å². The lowest BCUT2D eigenvalue weighted by Crippen LogP contribution is -2.39. The van der Waals surface area contributed by atoms with Crippen LogP contribution in [-0.2, 0) is 11.0 Å². The first kappa shape index (κ1) is 23.0. The summed E-state index contributed by atoms with van der Waals surface area (Å²) < 4.78 is 19.6. The zero-order valence-corrected chi connectivity index (χ0v) is 21.2. The Kier molecular flexibility index (Phi) is 6.26. The van der Waals surface area contributed by atoms with Crippen LogP contribution in [0.2, 0.25) is 0 Å².